The van der Waals surface area contributed by atoms with Gasteiger partial charge in [0.2, 0.25) is 11.8 Å². The topological polar surface area (TPSA) is 76.2 Å². The van der Waals surface area contributed by atoms with Gasteiger partial charge < -0.3 is 9.80 Å². The maximum absolute atomic E-state index is 14.2. The lowest BCUT2D eigenvalue weighted by molar-refractivity contribution is -0.147. The Hall–Kier alpha value is -2.52. The van der Waals surface area contributed by atoms with Gasteiger partial charge in [-0.15, -0.1) is 0 Å². The Balaban J connectivity index is 1.33. The van der Waals surface area contributed by atoms with Crippen LogP contribution in [0.1, 0.15) is 24.8 Å². The summed E-state index contributed by atoms with van der Waals surface area (Å²) in [7, 11) is 1.70. The average molecular weight is 444 g/mol. The van der Waals surface area contributed by atoms with E-state index in [1.807, 2.05) is 4.90 Å². The number of urea groups is 1. The van der Waals surface area contributed by atoms with Crippen LogP contribution < -0.4 is 5.32 Å². The van der Waals surface area contributed by atoms with E-state index < -0.39 is 17.8 Å². The molecule has 4 amide bonds. The fourth-order valence-corrected chi connectivity index (χ4v) is 5.37. The fraction of sp³-hybridized carbons (Fsp3) is 0.609. The molecule has 1 aromatic rings. The number of imide groups is 1. The predicted molar refractivity (Wildman–Crippen MR) is 115 cm³/mol. The molecule has 32 heavy (non-hydrogen) atoms. The third kappa shape index (κ3) is 3.77. The Kier molecular flexibility index (Phi) is 5.63. The zero-order valence-corrected chi connectivity index (χ0v) is 18.4. The summed E-state index contributed by atoms with van der Waals surface area (Å²) in [5.74, 6) is -0.620. The maximum Gasteiger partial charge on any atom is 0.328 e. The highest BCUT2D eigenvalue weighted by Crippen LogP contribution is 2.34. The highest BCUT2D eigenvalue weighted by molar-refractivity contribution is 5.99. The molecule has 9 heteroatoms. The molecule has 3 unspecified atom stereocenters. The van der Waals surface area contributed by atoms with Crippen LogP contribution in [-0.4, -0.2) is 89.4 Å². The van der Waals surface area contributed by atoms with Crippen molar-refractivity contribution in [1.29, 1.82) is 0 Å². The van der Waals surface area contributed by atoms with E-state index >= 15 is 0 Å². The summed E-state index contributed by atoms with van der Waals surface area (Å²) in [4.78, 5) is 46.0. The number of halogens is 1. The molecule has 3 atom stereocenters. The third-order valence-corrected chi connectivity index (χ3v) is 7.36. The van der Waals surface area contributed by atoms with E-state index in [0.29, 0.717) is 25.2 Å². The molecular weight excluding hydrogens is 413 g/mol. The van der Waals surface area contributed by atoms with Crippen molar-refractivity contribution in [2.75, 3.05) is 39.8 Å². The lowest BCUT2D eigenvalue weighted by atomic mass is 9.85. The van der Waals surface area contributed by atoms with Gasteiger partial charge in [0.15, 0.2) is 0 Å². The number of carbonyl (C=O) groups excluding carboxylic acids is 3. The molecule has 4 fully saturated rings. The number of nitrogens with one attached hydrogen (secondary N) is 1. The van der Waals surface area contributed by atoms with Crippen LogP contribution in [-0.2, 0) is 16.1 Å². The molecule has 3 aliphatic heterocycles. The van der Waals surface area contributed by atoms with Gasteiger partial charge in [0.05, 0.1) is 18.6 Å². The lowest BCUT2D eigenvalue weighted by Gasteiger charge is -2.52. The molecule has 3 saturated heterocycles. The minimum absolute atomic E-state index is 0.0226. The van der Waals surface area contributed by atoms with Crippen molar-refractivity contribution in [3.8, 4) is 0 Å². The minimum Gasteiger partial charge on any atom is -0.340 e. The van der Waals surface area contributed by atoms with E-state index in [2.05, 4.69) is 10.2 Å². The summed E-state index contributed by atoms with van der Waals surface area (Å²) < 4.78 is 14.2. The summed E-state index contributed by atoms with van der Waals surface area (Å²) in [6.07, 6.45) is 2.42. The second-order valence-corrected chi connectivity index (χ2v) is 9.33. The van der Waals surface area contributed by atoms with Crippen LogP contribution in [0.25, 0.3) is 0 Å². The number of rotatable bonds is 4. The van der Waals surface area contributed by atoms with E-state index in [1.165, 1.54) is 11.0 Å². The zero-order chi connectivity index (χ0) is 22.4. The van der Waals surface area contributed by atoms with Gasteiger partial charge in [-0.25, -0.2) is 9.18 Å². The van der Waals surface area contributed by atoms with Crippen molar-refractivity contribution in [3.05, 3.63) is 35.6 Å². The molecule has 5 rings (SSSR count). The Labute approximate surface area is 187 Å². The second-order valence-electron chi connectivity index (χ2n) is 9.33. The first kappa shape index (κ1) is 21.3. The SMILES string of the molecule is CN1C(=O)N(Cc2ccccc2F)C(=O)C2C(N3CCN(C(=O)C4CC4)CC3)CCNC21. The zero-order valence-electron chi connectivity index (χ0n) is 18.4. The van der Waals surface area contributed by atoms with Crippen LogP contribution >= 0.6 is 0 Å². The molecule has 4 aliphatic rings. The lowest BCUT2D eigenvalue weighted by Crippen LogP contribution is -2.71. The fourth-order valence-electron chi connectivity index (χ4n) is 5.37. The van der Waals surface area contributed by atoms with Gasteiger partial charge in [-0.2, -0.15) is 0 Å². The minimum atomic E-state index is -0.427. The second kappa shape index (κ2) is 8.44. The van der Waals surface area contributed by atoms with Gasteiger partial charge in [0.1, 0.15) is 5.82 Å². The number of piperazine rings is 1. The molecule has 8 nitrogen and oxygen atoms in total. The molecule has 0 spiro atoms. The van der Waals surface area contributed by atoms with Gasteiger partial charge in [0, 0.05) is 50.7 Å². The Morgan fingerprint density at radius 2 is 1.81 bits per heavy atom. The van der Waals surface area contributed by atoms with Gasteiger partial charge in [-0.05, 0) is 31.9 Å². The number of nitrogens with zero attached hydrogens (tertiary/aromatic N) is 4. The standard InChI is InChI=1S/C23H30FN5O3/c1-26-20-19(22(31)29(23(26)32)14-16-4-2-3-5-17(16)24)18(8-9-25-20)27-10-12-28(13-11-27)21(30)15-6-7-15/h2-5,15,18-20,25H,6-14H2,1H3. The molecule has 0 bridgehead atoms. The Morgan fingerprint density at radius 3 is 2.50 bits per heavy atom. The number of fused-ring (bicyclic) bond motifs is 1. The Bertz CT molecular complexity index is 915. The number of carbonyl (C=O) groups is 3. The summed E-state index contributed by atoms with van der Waals surface area (Å²) in [6.45, 7) is 3.45. The van der Waals surface area contributed by atoms with Gasteiger partial charge in [0.25, 0.3) is 0 Å². The third-order valence-electron chi connectivity index (χ3n) is 7.36. The maximum atomic E-state index is 14.2. The van der Waals surface area contributed by atoms with E-state index in [-0.39, 0.29) is 36.5 Å². The smallest absolute Gasteiger partial charge is 0.328 e. The number of hydrogen-bond acceptors (Lipinski definition) is 5. The Morgan fingerprint density at radius 1 is 1.09 bits per heavy atom. The summed E-state index contributed by atoms with van der Waals surface area (Å²) in [6, 6.07) is 5.81. The van der Waals surface area contributed by atoms with Crippen molar-refractivity contribution in [1.82, 2.24) is 24.9 Å². The van der Waals surface area contributed by atoms with Crippen molar-refractivity contribution < 1.29 is 18.8 Å². The van der Waals surface area contributed by atoms with Crippen molar-refractivity contribution >= 4 is 17.8 Å². The highest BCUT2D eigenvalue weighted by Gasteiger charge is 2.51. The van der Waals surface area contributed by atoms with E-state index in [9.17, 15) is 18.8 Å². The van der Waals surface area contributed by atoms with E-state index in [0.717, 1.165) is 32.4 Å². The number of hydrogen-bond donors (Lipinski definition) is 1. The summed E-state index contributed by atoms with van der Waals surface area (Å²) in [5.41, 5.74) is 0.327. The van der Waals surface area contributed by atoms with Gasteiger partial charge in [-0.1, -0.05) is 18.2 Å². The molecule has 0 aromatic heterocycles. The number of benzene rings is 1. The molecule has 1 saturated carbocycles. The van der Waals surface area contributed by atoms with Crippen LogP contribution in [0.4, 0.5) is 9.18 Å². The average Bonchev–Trinajstić information content (AvgIpc) is 3.66. The largest absolute Gasteiger partial charge is 0.340 e. The van der Waals surface area contributed by atoms with Crippen LogP contribution in [0, 0.1) is 17.7 Å². The number of amides is 4. The summed E-state index contributed by atoms with van der Waals surface area (Å²) in [5, 5.41) is 3.34. The van der Waals surface area contributed by atoms with Crippen molar-refractivity contribution in [2.45, 2.75) is 38.0 Å². The highest BCUT2D eigenvalue weighted by atomic mass is 19.1. The quantitative estimate of drug-likeness (QED) is 0.754. The molecule has 3 heterocycles. The predicted octanol–water partition coefficient (Wildman–Crippen LogP) is 1.08. The molecule has 0 radical (unpaired) electrons. The molecule has 1 N–H and O–H groups in total. The van der Waals surface area contributed by atoms with Crippen LogP contribution in [0.15, 0.2) is 24.3 Å². The van der Waals surface area contributed by atoms with Crippen molar-refractivity contribution in [2.24, 2.45) is 11.8 Å². The van der Waals surface area contributed by atoms with Gasteiger partial charge in [-0.3, -0.25) is 24.7 Å². The summed E-state index contributed by atoms with van der Waals surface area (Å²) >= 11 is 0. The molecule has 172 valence electrons. The van der Waals surface area contributed by atoms with Crippen molar-refractivity contribution in [3.63, 3.8) is 0 Å². The first-order chi connectivity index (χ1) is 15.5. The first-order valence-corrected chi connectivity index (χ1v) is 11.5. The van der Waals surface area contributed by atoms with Crippen LogP contribution in [0.5, 0.6) is 0 Å². The normalized spacial score (nSPS) is 29.3. The van der Waals surface area contributed by atoms with Gasteiger partial charge >= 0.3 is 6.03 Å². The molecule has 1 aromatic carbocycles. The van der Waals surface area contributed by atoms with Crippen LogP contribution in [0.2, 0.25) is 0 Å². The van der Waals surface area contributed by atoms with E-state index in [4.69, 9.17) is 0 Å². The van der Waals surface area contributed by atoms with Crippen LogP contribution in [0.3, 0.4) is 0 Å². The molecular formula is C23H30FN5O3. The molecule has 1 aliphatic carbocycles. The number of piperidine rings is 1. The monoisotopic (exact) mass is 443 g/mol. The first-order valence-electron chi connectivity index (χ1n) is 11.5. The van der Waals surface area contributed by atoms with E-state index in [1.54, 1.807) is 30.1 Å².